The molecule has 0 aromatic rings. The molecule has 1 saturated carbocycles. The molecule has 124 valence electrons. The molecule has 2 rings (SSSR count). The second-order valence-corrected chi connectivity index (χ2v) is 7.91. The summed E-state index contributed by atoms with van der Waals surface area (Å²) in [5, 5.41) is 10.5. The molecule has 0 radical (unpaired) electrons. The predicted octanol–water partition coefficient (Wildman–Crippen LogP) is 4.54. The fourth-order valence-corrected chi connectivity index (χ4v) is 4.23. The molecule has 5 unspecified atom stereocenters. The van der Waals surface area contributed by atoms with Crippen molar-refractivity contribution in [2.75, 3.05) is 0 Å². The van der Waals surface area contributed by atoms with Crippen LogP contribution < -0.4 is 0 Å². The third kappa shape index (κ3) is 3.53. The Morgan fingerprint density at radius 3 is 2.64 bits per heavy atom. The summed E-state index contributed by atoms with van der Waals surface area (Å²) in [7, 11) is 0. The van der Waals surface area contributed by atoms with Crippen molar-refractivity contribution >= 4 is 5.78 Å². The van der Waals surface area contributed by atoms with Crippen molar-refractivity contribution in [3.63, 3.8) is 0 Å². The topological polar surface area (TPSA) is 37.3 Å². The first-order valence-electron chi connectivity index (χ1n) is 8.90. The van der Waals surface area contributed by atoms with Crippen molar-refractivity contribution < 1.29 is 9.90 Å². The Labute approximate surface area is 135 Å². The molecular weight excluding hydrogens is 272 g/mol. The lowest BCUT2D eigenvalue weighted by Gasteiger charge is -2.25. The number of fused-ring (bicyclic) bond motifs is 1. The lowest BCUT2D eigenvalue weighted by Crippen LogP contribution is -2.30. The van der Waals surface area contributed by atoms with Crippen molar-refractivity contribution in [1.82, 2.24) is 0 Å². The fourth-order valence-electron chi connectivity index (χ4n) is 4.23. The third-order valence-corrected chi connectivity index (χ3v) is 5.77. The van der Waals surface area contributed by atoms with Gasteiger partial charge in [-0.15, -0.1) is 0 Å². The van der Waals surface area contributed by atoms with E-state index in [4.69, 9.17) is 0 Å². The van der Waals surface area contributed by atoms with E-state index in [0.717, 1.165) is 18.4 Å². The van der Waals surface area contributed by atoms with Crippen LogP contribution in [0.2, 0.25) is 0 Å². The highest BCUT2D eigenvalue weighted by Crippen LogP contribution is 2.45. The van der Waals surface area contributed by atoms with Crippen LogP contribution in [0.15, 0.2) is 23.8 Å². The standard InChI is InChI=1S/C20H32O2/c1-12(2)7-6-8-13(3)17-11-18(21)15(5)16-10-9-14(4)19(16)20(17)22/h9,12-13,16-19,21H,5-8,10-11H2,1-4H3. The number of ketones is 1. The zero-order valence-corrected chi connectivity index (χ0v) is 14.6. The summed E-state index contributed by atoms with van der Waals surface area (Å²) in [6, 6.07) is 0. The van der Waals surface area contributed by atoms with Gasteiger partial charge in [0.05, 0.1) is 6.10 Å². The van der Waals surface area contributed by atoms with Gasteiger partial charge in [-0.2, -0.15) is 0 Å². The summed E-state index contributed by atoms with van der Waals surface area (Å²) in [5.74, 6) is 1.51. The second kappa shape index (κ2) is 7.12. The van der Waals surface area contributed by atoms with Gasteiger partial charge < -0.3 is 5.11 Å². The molecule has 0 amide bonds. The zero-order chi connectivity index (χ0) is 16.4. The lowest BCUT2D eigenvalue weighted by molar-refractivity contribution is -0.128. The van der Waals surface area contributed by atoms with E-state index in [-0.39, 0.29) is 17.8 Å². The Bertz CT molecular complexity index is 460. The minimum atomic E-state index is -0.518. The van der Waals surface area contributed by atoms with E-state index in [9.17, 15) is 9.90 Å². The maximum absolute atomic E-state index is 13.1. The third-order valence-electron chi connectivity index (χ3n) is 5.77. The Morgan fingerprint density at radius 1 is 1.32 bits per heavy atom. The molecular formula is C20H32O2. The first-order valence-corrected chi connectivity index (χ1v) is 8.90. The van der Waals surface area contributed by atoms with Crippen LogP contribution in [0, 0.1) is 29.6 Å². The molecule has 1 fully saturated rings. The van der Waals surface area contributed by atoms with E-state index in [0.29, 0.717) is 24.0 Å². The highest BCUT2D eigenvalue weighted by Gasteiger charge is 2.44. The van der Waals surface area contributed by atoms with Gasteiger partial charge in [0.25, 0.3) is 0 Å². The summed E-state index contributed by atoms with van der Waals surface area (Å²) < 4.78 is 0. The van der Waals surface area contributed by atoms with Crippen molar-refractivity contribution in [3.8, 4) is 0 Å². The van der Waals surface area contributed by atoms with E-state index in [1.807, 2.05) is 0 Å². The molecule has 0 saturated heterocycles. The number of carbonyl (C=O) groups excluding carboxylic acids is 1. The number of hydrogen-bond donors (Lipinski definition) is 1. The van der Waals surface area contributed by atoms with E-state index in [2.05, 4.69) is 40.3 Å². The summed E-state index contributed by atoms with van der Waals surface area (Å²) in [6.07, 6.45) is 6.54. The van der Waals surface area contributed by atoms with Gasteiger partial charge >= 0.3 is 0 Å². The minimum absolute atomic E-state index is 0.0182. The van der Waals surface area contributed by atoms with Crippen molar-refractivity contribution in [1.29, 1.82) is 0 Å². The van der Waals surface area contributed by atoms with E-state index in [1.54, 1.807) is 0 Å². The van der Waals surface area contributed by atoms with Gasteiger partial charge in [-0.1, -0.05) is 58.3 Å². The van der Waals surface area contributed by atoms with Crippen LogP contribution in [0.4, 0.5) is 0 Å². The van der Waals surface area contributed by atoms with Crippen LogP contribution >= 0.6 is 0 Å². The largest absolute Gasteiger partial charge is 0.389 e. The lowest BCUT2D eigenvalue weighted by atomic mass is 9.77. The number of Topliss-reactive ketones (excluding diaryl/α,β-unsaturated/α-hetero) is 1. The van der Waals surface area contributed by atoms with E-state index in [1.165, 1.54) is 18.4 Å². The van der Waals surface area contributed by atoms with Crippen LogP contribution in [0.25, 0.3) is 0 Å². The maximum atomic E-state index is 13.1. The summed E-state index contributed by atoms with van der Waals surface area (Å²) in [6.45, 7) is 12.8. The van der Waals surface area contributed by atoms with Crippen molar-refractivity contribution in [2.24, 2.45) is 29.6 Å². The normalized spacial score (nSPS) is 33.6. The Hall–Kier alpha value is -0.890. The molecule has 2 nitrogen and oxygen atoms in total. The second-order valence-electron chi connectivity index (χ2n) is 7.91. The van der Waals surface area contributed by atoms with Crippen LogP contribution in [0.1, 0.15) is 59.8 Å². The average Bonchev–Trinajstić information content (AvgIpc) is 2.79. The number of aliphatic hydroxyl groups is 1. The smallest absolute Gasteiger partial charge is 0.144 e. The molecule has 0 aromatic carbocycles. The first kappa shape index (κ1) is 17.5. The number of allylic oxidation sites excluding steroid dienone is 2. The van der Waals surface area contributed by atoms with E-state index < -0.39 is 6.10 Å². The molecule has 0 aliphatic heterocycles. The molecule has 5 atom stereocenters. The molecule has 22 heavy (non-hydrogen) atoms. The predicted molar refractivity (Wildman–Crippen MR) is 91.5 cm³/mol. The Morgan fingerprint density at radius 2 is 2.00 bits per heavy atom. The van der Waals surface area contributed by atoms with Crippen molar-refractivity contribution in [2.45, 2.75) is 65.9 Å². The van der Waals surface area contributed by atoms with Gasteiger partial charge in [0.2, 0.25) is 0 Å². The summed E-state index contributed by atoms with van der Waals surface area (Å²) in [4.78, 5) is 13.1. The highest BCUT2D eigenvalue weighted by atomic mass is 16.3. The molecule has 0 bridgehead atoms. The van der Waals surface area contributed by atoms with Crippen LogP contribution in [0.5, 0.6) is 0 Å². The van der Waals surface area contributed by atoms with Crippen LogP contribution in [-0.2, 0) is 4.79 Å². The minimum Gasteiger partial charge on any atom is -0.389 e. The zero-order valence-electron chi connectivity index (χ0n) is 14.6. The number of carbonyl (C=O) groups is 1. The van der Waals surface area contributed by atoms with E-state index >= 15 is 0 Å². The maximum Gasteiger partial charge on any atom is 0.144 e. The van der Waals surface area contributed by atoms with Crippen molar-refractivity contribution in [3.05, 3.63) is 23.8 Å². The van der Waals surface area contributed by atoms with Crippen LogP contribution in [-0.4, -0.2) is 17.0 Å². The van der Waals surface area contributed by atoms with Gasteiger partial charge in [-0.25, -0.2) is 0 Å². The number of hydrogen-bond acceptors (Lipinski definition) is 2. The summed E-state index contributed by atoms with van der Waals surface area (Å²) in [5.41, 5.74) is 2.06. The van der Waals surface area contributed by atoms with Gasteiger partial charge in [0.15, 0.2) is 0 Å². The van der Waals surface area contributed by atoms with Crippen LogP contribution in [0.3, 0.4) is 0 Å². The number of aliphatic hydroxyl groups excluding tert-OH is 1. The molecule has 2 aliphatic carbocycles. The molecule has 2 aliphatic rings. The molecule has 0 heterocycles. The van der Waals surface area contributed by atoms with Gasteiger partial charge in [0.1, 0.15) is 5.78 Å². The van der Waals surface area contributed by atoms with Gasteiger partial charge in [0, 0.05) is 11.8 Å². The fraction of sp³-hybridized carbons (Fsp3) is 0.750. The summed E-state index contributed by atoms with van der Waals surface area (Å²) >= 11 is 0. The Balaban J connectivity index is 2.11. The van der Waals surface area contributed by atoms with Gasteiger partial charge in [-0.05, 0) is 43.1 Å². The van der Waals surface area contributed by atoms with Gasteiger partial charge in [-0.3, -0.25) is 4.79 Å². The molecule has 0 spiro atoms. The highest BCUT2D eigenvalue weighted by molar-refractivity contribution is 5.88. The molecule has 0 aromatic heterocycles. The quantitative estimate of drug-likeness (QED) is 0.757. The Kier molecular flexibility index (Phi) is 5.65. The SMILES string of the molecule is C=C1C(O)CC(C(C)CCCC(C)C)C(=O)C2C(C)=CCC12. The average molecular weight is 304 g/mol. The number of rotatable bonds is 5. The molecule has 1 N–H and O–H groups in total. The monoisotopic (exact) mass is 304 g/mol. The first-order chi connectivity index (χ1) is 10.3. The molecule has 2 heteroatoms.